The molecule has 0 aliphatic carbocycles. The lowest BCUT2D eigenvalue weighted by atomic mass is 9.94. The Morgan fingerprint density at radius 2 is 2.13 bits per heavy atom. The Hall–Kier alpha value is -1.03. The van der Waals surface area contributed by atoms with Crippen molar-refractivity contribution in [2.24, 2.45) is 0 Å². The zero-order chi connectivity index (χ0) is 11.6. The van der Waals surface area contributed by atoms with Gasteiger partial charge in [0.2, 0.25) is 0 Å². The maximum atomic E-state index is 11.0. The number of carboxylic acid groups (broad SMARTS) is 1. The summed E-state index contributed by atoms with van der Waals surface area (Å²) in [5, 5.41) is 18.7. The van der Waals surface area contributed by atoms with Crippen molar-refractivity contribution in [3.05, 3.63) is 27.7 Å². The molecule has 0 fully saturated rings. The van der Waals surface area contributed by atoms with Gasteiger partial charge in [0.15, 0.2) is 0 Å². The fraction of sp³-hybridized carbons (Fsp3) is 0.364. The Morgan fingerprint density at radius 3 is 2.60 bits per heavy atom. The lowest BCUT2D eigenvalue weighted by Crippen LogP contribution is -2.11. The lowest BCUT2D eigenvalue weighted by molar-refractivity contribution is -0.138. The van der Waals surface area contributed by atoms with Gasteiger partial charge in [0, 0.05) is 10.0 Å². The van der Waals surface area contributed by atoms with Crippen LogP contribution in [0.5, 0.6) is 5.75 Å². The summed E-state index contributed by atoms with van der Waals surface area (Å²) in [7, 11) is 0. The van der Waals surface area contributed by atoms with Crippen molar-refractivity contribution in [3.63, 3.8) is 0 Å². The van der Waals surface area contributed by atoms with Crippen molar-refractivity contribution < 1.29 is 15.0 Å². The molecular weight excluding hydrogens is 260 g/mol. The molecule has 0 saturated carbocycles. The number of halogens is 1. The van der Waals surface area contributed by atoms with E-state index in [9.17, 15) is 9.90 Å². The van der Waals surface area contributed by atoms with Crippen LogP contribution in [0.2, 0.25) is 0 Å². The number of aryl methyl sites for hydroxylation is 1. The van der Waals surface area contributed by atoms with E-state index in [2.05, 4.69) is 15.9 Å². The second-order valence-electron chi connectivity index (χ2n) is 3.43. The van der Waals surface area contributed by atoms with E-state index < -0.39 is 11.9 Å². The van der Waals surface area contributed by atoms with Crippen LogP contribution in [0.1, 0.15) is 30.4 Å². The van der Waals surface area contributed by atoms with E-state index in [1.807, 2.05) is 6.92 Å². The molecule has 0 saturated heterocycles. The molecule has 0 heterocycles. The highest BCUT2D eigenvalue weighted by Crippen LogP contribution is 2.36. The quantitative estimate of drug-likeness (QED) is 0.889. The Balaban J connectivity index is 3.34. The number of carbonyl (C=O) groups is 1. The van der Waals surface area contributed by atoms with Crippen LogP contribution in [0.4, 0.5) is 0 Å². The smallest absolute Gasteiger partial charge is 0.311 e. The monoisotopic (exact) mass is 272 g/mol. The maximum absolute atomic E-state index is 11.0. The van der Waals surface area contributed by atoms with Crippen LogP contribution in [0.25, 0.3) is 0 Å². The minimum absolute atomic E-state index is 0.0294. The molecule has 0 radical (unpaired) electrons. The van der Waals surface area contributed by atoms with Gasteiger partial charge in [-0.1, -0.05) is 28.9 Å². The summed E-state index contributed by atoms with van der Waals surface area (Å²) in [6.07, 6.45) is 0.449. The normalized spacial score (nSPS) is 12.5. The average molecular weight is 273 g/mol. The summed E-state index contributed by atoms with van der Waals surface area (Å²) in [6.45, 7) is 3.65. The average Bonchev–Trinajstić information content (AvgIpc) is 2.18. The van der Waals surface area contributed by atoms with Crippen molar-refractivity contribution >= 4 is 21.9 Å². The number of aromatic hydroxyl groups is 1. The van der Waals surface area contributed by atoms with E-state index in [0.29, 0.717) is 16.5 Å². The van der Waals surface area contributed by atoms with Gasteiger partial charge in [-0.25, -0.2) is 0 Å². The van der Waals surface area contributed by atoms with Gasteiger partial charge in [0.05, 0.1) is 5.92 Å². The fourth-order valence-electron chi connectivity index (χ4n) is 1.53. The summed E-state index contributed by atoms with van der Waals surface area (Å²) in [4.78, 5) is 11.0. The van der Waals surface area contributed by atoms with Crippen LogP contribution >= 0.6 is 15.9 Å². The highest BCUT2D eigenvalue weighted by molar-refractivity contribution is 9.10. The van der Waals surface area contributed by atoms with Crippen LogP contribution in [-0.4, -0.2) is 16.2 Å². The number of phenolic OH excluding ortho intramolecular Hbond substituents is 1. The van der Waals surface area contributed by atoms with E-state index in [-0.39, 0.29) is 5.75 Å². The standard InChI is InChI=1S/C11H13BrO3/c1-3-7(11(14)15)9-8(13)5-4-6(2)10(9)12/h4-5,7,13H,3H2,1-2H3,(H,14,15). The van der Waals surface area contributed by atoms with E-state index in [0.717, 1.165) is 5.56 Å². The van der Waals surface area contributed by atoms with Crippen molar-refractivity contribution in [1.29, 1.82) is 0 Å². The molecule has 15 heavy (non-hydrogen) atoms. The SMILES string of the molecule is CCC(C(=O)O)c1c(O)ccc(C)c1Br. The maximum Gasteiger partial charge on any atom is 0.311 e. The minimum atomic E-state index is -0.917. The number of hydrogen-bond donors (Lipinski definition) is 2. The van der Waals surface area contributed by atoms with Crippen LogP contribution < -0.4 is 0 Å². The molecule has 3 nitrogen and oxygen atoms in total. The second kappa shape index (κ2) is 4.66. The van der Waals surface area contributed by atoms with E-state index >= 15 is 0 Å². The van der Waals surface area contributed by atoms with Gasteiger partial charge in [-0.3, -0.25) is 4.79 Å². The molecule has 1 rings (SSSR count). The molecule has 0 amide bonds. The second-order valence-corrected chi connectivity index (χ2v) is 4.22. The van der Waals surface area contributed by atoms with Crippen molar-refractivity contribution in [1.82, 2.24) is 0 Å². The lowest BCUT2D eigenvalue weighted by Gasteiger charge is -2.15. The van der Waals surface area contributed by atoms with Gasteiger partial charge < -0.3 is 10.2 Å². The van der Waals surface area contributed by atoms with Gasteiger partial charge in [0.25, 0.3) is 0 Å². The molecule has 1 unspecified atom stereocenters. The first-order valence-corrected chi connectivity index (χ1v) is 5.49. The molecule has 4 heteroatoms. The Bertz CT molecular complexity index is 388. The molecule has 1 aromatic rings. The Morgan fingerprint density at radius 1 is 1.53 bits per heavy atom. The summed E-state index contributed by atoms with van der Waals surface area (Å²) in [6, 6.07) is 3.28. The number of rotatable bonds is 3. The van der Waals surface area contributed by atoms with Gasteiger partial charge in [0.1, 0.15) is 5.75 Å². The third-order valence-electron chi connectivity index (χ3n) is 2.40. The molecule has 0 bridgehead atoms. The number of hydrogen-bond acceptors (Lipinski definition) is 2. The number of carboxylic acids is 1. The molecule has 0 aromatic heterocycles. The predicted octanol–water partition coefficient (Wildman–Crippen LogP) is 3.04. The Labute approximate surface area is 96.9 Å². The van der Waals surface area contributed by atoms with Crippen LogP contribution in [-0.2, 0) is 4.79 Å². The molecule has 0 aliphatic heterocycles. The Kier molecular flexibility index (Phi) is 3.74. The zero-order valence-corrected chi connectivity index (χ0v) is 10.2. The highest BCUT2D eigenvalue weighted by Gasteiger charge is 2.24. The topological polar surface area (TPSA) is 57.5 Å². The van der Waals surface area contributed by atoms with Crippen LogP contribution in [0.15, 0.2) is 16.6 Å². The largest absolute Gasteiger partial charge is 0.508 e. The summed E-state index contributed by atoms with van der Waals surface area (Å²) >= 11 is 3.32. The van der Waals surface area contributed by atoms with E-state index in [4.69, 9.17) is 5.11 Å². The third kappa shape index (κ3) is 2.31. The van der Waals surface area contributed by atoms with Crippen LogP contribution in [0, 0.1) is 6.92 Å². The van der Waals surface area contributed by atoms with E-state index in [1.165, 1.54) is 6.07 Å². The van der Waals surface area contributed by atoms with Crippen LogP contribution in [0.3, 0.4) is 0 Å². The molecule has 1 aromatic carbocycles. The molecular formula is C11H13BrO3. The first kappa shape index (κ1) is 12.0. The molecule has 0 spiro atoms. The van der Waals surface area contributed by atoms with Gasteiger partial charge in [-0.2, -0.15) is 0 Å². The van der Waals surface area contributed by atoms with Crippen molar-refractivity contribution in [2.75, 3.05) is 0 Å². The summed E-state index contributed by atoms with van der Waals surface area (Å²) in [5.41, 5.74) is 1.38. The van der Waals surface area contributed by atoms with Crippen molar-refractivity contribution in [2.45, 2.75) is 26.2 Å². The molecule has 2 N–H and O–H groups in total. The molecule has 82 valence electrons. The first-order chi connectivity index (χ1) is 6.99. The van der Waals surface area contributed by atoms with Gasteiger partial charge in [-0.15, -0.1) is 0 Å². The predicted molar refractivity (Wildman–Crippen MR) is 61.2 cm³/mol. The van der Waals surface area contributed by atoms with Gasteiger partial charge >= 0.3 is 5.97 Å². The summed E-state index contributed by atoms with van der Waals surface area (Å²) < 4.78 is 0.678. The zero-order valence-electron chi connectivity index (χ0n) is 8.62. The fourth-order valence-corrected chi connectivity index (χ4v) is 2.14. The first-order valence-electron chi connectivity index (χ1n) is 4.69. The molecule has 0 aliphatic rings. The number of benzene rings is 1. The van der Waals surface area contributed by atoms with E-state index in [1.54, 1.807) is 13.0 Å². The number of aliphatic carboxylic acids is 1. The minimum Gasteiger partial charge on any atom is -0.508 e. The molecule has 1 atom stereocenters. The van der Waals surface area contributed by atoms with Crippen molar-refractivity contribution in [3.8, 4) is 5.75 Å². The van der Waals surface area contributed by atoms with Gasteiger partial charge in [-0.05, 0) is 25.0 Å². The third-order valence-corrected chi connectivity index (χ3v) is 3.46. The summed E-state index contributed by atoms with van der Waals surface area (Å²) in [5.74, 6) is -1.56. The number of phenols is 1. The highest BCUT2D eigenvalue weighted by atomic mass is 79.9.